The lowest BCUT2D eigenvalue weighted by molar-refractivity contribution is 0.414. The molecule has 2 rings (SSSR count). The molecule has 0 aliphatic carbocycles. The average molecular weight is 269 g/mol. The molecule has 106 valence electrons. The first-order chi connectivity index (χ1) is 9.79. The van der Waals surface area contributed by atoms with Gasteiger partial charge in [0, 0.05) is 6.04 Å². The molecule has 0 unspecified atom stereocenters. The molecule has 0 saturated carbocycles. The third kappa shape index (κ3) is 4.39. The number of hydrogen-bond acceptors (Lipinski definition) is 2. The smallest absolute Gasteiger partial charge is 0.118 e. The number of methoxy groups -OCH3 is 1. The van der Waals surface area contributed by atoms with Crippen molar-refractivity contribution in [2.75, 3.05) is 13.7 Å². The van der Waals surface area contributed by atoms with Crippen LogP contribution >= 0.6 is 0 Å². The van der Waals surface area contributed by atoms with Gasteiger partial charge in [0.15, 0.2) is 0 Å². The van der Waals surface area contributed by atoms with E-state index >= 15 is 0 Å². The van der Waals surface area contributed by atoms with Crippen molar-refractivity contribution >= 4 is 0 Å². The fraction of sp³-hybridized carbons (Fsp3) is 0.333. The predicted octanol–water partition coefficient (Wildman–Crippen LogP) is 3.98. The van der Waals surface area contributed by atoms with Gasteiger partial charge in [0.25, 0.3) is 0 Å². The maximum atomic E-state index is 5.18. The molecule has 0 amide bonds. The monoisotopic (exact) mass is 269 g/mol. The summed E-state index contributed by atoms with van der Waals surface area (Å²) in [7, 11) is 1.69. The molecule has 0 aliphatic rings. The summed E-state index contributed by atoms with van der Waals surface area (Å²) < 4.78 is 5.18. The van der Waals surface area contributed by atoms with E-state index in [1.54, 1.807) is 7.11 Å². The summed E-state index contributed by atoms with van der Waals surface area (Å²) >= 11 is 0. The van der Waals surface area contributed by atoms with Crippen LogP contribution < -0.4 is 10.1 Å². The molecule has 20 heavy (non-hydrogen) atoms. The van der Waals surface area contributed by atoms with Crippen molar-refractivity contribution in [1.29, 1.82) is 0 Å². The third-order valence-corrected chi connectivity index (χ3v) is 3.55. The van der Waals surface area contributed by atoms with Gasteiger partial charge in [-0.2, -0.15) is 0 Å². The van der Waals surface area contributed by atoms with Gasteiger partial charge in [-0.1, -0.05) is 42.5 Å². The van der Waals surface area contributed by atoms with Crippen LogP contribution in [0.15, 0.2) is 54.6 Å². The van der Waals surface area contributed by atoms with Gasteiger partial charge in [-0.25, -0.2) is 0 Å². The summed E-state index contributed by atoms with van der Waals surface area (Å²) in [5.41, 5.74) is 2.71. The molecule has 2 aromatic carbocycles. The highest BCUT2D eigenvalue weighted by atomic mass is 16.5. The minimum absolute atomic E-state index is 0.372. The zero-order chi connectivity index (χ0) is 14.2. The summed E-state index contributed by atoms with van der Waals surface area (Å²) in [6.07, 6.45) is 2.29. The Hall–Kier alpha value is -1.80. The number of ether oxygens (including phenoxy) is 1. The largest absolute Gasteiger partial charge is 0.497 e. The highest BCUT2D eigenvalue weighted by molar-refractivity contribution is 5.28. The van der Waals surface area contributed by atoms with E-state index in [-0.39, 0.29) is 0 Å². The van der Waals surface area contributed by atoms with Gasteiger partial charge in [-0.15, -0.1) is 0 Å². The van der Waals surface area contributed by atoms with Gasteiger partial charge in [0.1, 0.15) is 5.75 Å². The summed E-state index contributed by atoms with van der Waals surface area (Å²) in [5, 5.41) is 3.57. The number of rotatable bonds is 7. The molecule has 2 nitrogen and oxygen atoms in total. The molecule has 0 bridgehead atoms. The van der Waals surface area contributed by atoms with Crippen molar-refractivity contribution in [3.05, 3.63) is 65.7 Å². The topological polar surface area (TPSA) is 21.3 Å². The van der Waals surface area contributed by atoms with E-state index in [9.17, 15) is 0 Å². The van der Waals surface area contributed by atoms with Gasteiger partial charge in [-0.3, -0.25) is 0 Å². The predicted molar refractivity (Wildman–Crippen MR) is 84.2 cm³/mol. The molecular formula is C18H23NO. The second-order valence-electron chi connectivity index (χ2n) is 5.04. The average Bonchev–Trinajstić information content (AvgIpc) is 2.52. The fourth-order valence-corrected chi connectivity index (χ4v) is 2.27. The van der Waals surface area contributed by atoms with Gasteiger partial charge in [0.2, 0.25) is 0 Å². The van der Waals surface area contributed by atoms with Gasteiger partial charge < -0.3 is 10.1 Å². The summed E-state index contributed by atoms with van der Waals surface area (Å²) in [6, 6.07) is 19.3. The minimum Gasteiger partial charge on any atom is -0.497 e. The van der Waals surface area contributed by atoms with E-state index in [0.29, 0.717) is 6.04 Å². The zero-order valence-corrected chi connectivity index (χ0v) is 12.3. The Kier molecular flexibility index (Phi) is 5.63. The van der Waals surface area contributed by atoms with Crippen LogP contribution in [-0.4, -0.2) is 13.7 Å². The van der Waals surface area contributed by atoms with Crippen LogP contribution in [0.2, 0.25) is 0 Å². The van der Waals surface area contributed by atoms with E-state index in [2.05, 4.69) is 54.7 Å². The fourth-order valence-electron chi connectivity index (χ4n) is 2.27. The molecule has 1 N–H and O–H groups in total. The molecule has 0 radical (unpaired) electrons. The maximum Gasteiger partial charge on any atom is 0.118 e. The Morgan fingerprint density at radius 2 is 1.70 bits per heavy atom. The maximum absolute atomic E-state index is 5.18. The number of nitrogens with one attached hydrogen (secondary N) is 1. The molecule has 0 heterocycles. The normalized spacial score (nSPS) is 12.1. The van der Waals surface area contributed by atoms with Crippen LogP contribution in [0.25, 0.3) is 0 Å². The minimum atomic E-state index is 0.372. The SMILES string of the molecule is COc1ccc([C@H](C)NCCCc2ccccc2)cc1. The van der Waals surface area contributed by atoms with Gasteiger partial charge >= 0.3 is 0 Å². The third-order valence-electron chi connectivity index (χ3n) is 3.55. The lowest BCUT2D eigenvalue weighted by Gasteiger charge is -2.14. The number of benzene rings is 2. The molecule has 1 atom stereocenters. The molecule has 0 aromatic heterocycles. The van der Waals surface area contributed by atoms with Gasteiger partial charge in [-0.05, 0) is 49.6 Å². The van der Waals surface area contributed by atoms with E-state index in [1.165, 1.54) is 11.1 Å². The number of hydrogen-bond donors (Lipinski definition) is 1. The molecule has 2 aromatic rings. The molecule has 0 saturated heterocycles. The summed E-state index contributed by atoms with van der Waals surface area (Å²) in [5.74, 6) is 0.907. The first-order valence-corrected chi connectivity index (χ1v) is 7.21. The Labute approximate surface area is 121 Å². The molecule has 0 fully saturated rings. The van der Waals surface area contributed by atoms with Crippen LogP contribution in [-0.2, 0) is 6.42 Å². The Morgan fingerprint density at radius 3 is 2.35 bits per heavy atom. The van der Waals surface area contributed by atoms with Gasteiger partial charge in [0.05, 0.1) is 7.11 Å². The molecule has 0 spiro atoms. The van der Waals surface area contributed by atoms with Crippen LogP contribution in [0.1, 0.15) is 30.5 Å². The number of aryl methyl sites for hydroxylation is 1. The van der Waals surface area contributed by atoms with Crippen molar-refractivity contribution < 1.29 is 4.74 Å². The van der Waals surface area contributed by atoms with Crippen molar-refractivity contribution in [3.8, 4) is 5.75 Å². The summed E-state index contributed by atoms with van der Waals surface area (Å²) in [4.78, 5) is 0. The van der Waals surface area contributed by atoms with Crippen molar-refractivity contribution in [3.63, 3.8) is 0 Å². The lowest BCUT2D eigenvalue weighted by atomic mass is 10.1. The molecule has 0 aliphatic heterocycles. The second kappa shape index (κ2) is 7.71. The van der Waals surface area contributed by atoms with Crippen LogP contribution in [0.5, 0.6) is 5.75 Å². The lowest BCUT2D eigenvalue weighted by Crippen LogP contribution is -2.20. The van der Waals surface area contributed by atoms with Crippen LogP contribution in [0.4, 0.5) is 0 Å². The van der Waals surface area contributed by atoms with Crippen molar-refractivity contribution in [2.45, 2.75) is 25.8 Å². The first-order valence-electron chi connectivity index (χ1n) is 7.21. The second-order valence-corrected chi connectivity index (χ2v) is 5.04. The van der Waals surface area contributed by atoms with Crippen molar-refractivity contribution in [2.24, 2.45) is 0 Å². The zero-order valence-electron chi connectivity index (χ0n) is 12.3. The first kappa shape index (κ1) is 14.6. The molecular weight excluding hydrogens is 246 g/mol. The van der Waals surface area contributed by atoms with E-state index < -0.39 is 0 Å². The van der Waals surface area contributed by atoms with E-state index in [1.807, 2.05) is 12.1 Å². The summed E-state index contributed by atoms with van der Waals surface area (Å²) in [6.45, 7) is 3.23. The highest BCUT2D eigenvalue weighted by Crippen LogP contribution is 2.17. The van der Waals surface area contributed by atoms with E-state index in [4.69, 9.17) is 4.74 Å². The highest BCUT2D eigenvalue weighted by Gasteiger charge is 2.04. The van der Waals surface area contributed by atoms with Crippen molar-refractivity contribution in [1.82, 2.24) is 5.32 Å². The standard InChI is InChI=1S/C18H23NO/c1-15(17-10-12-18(20-2)13-11-17)19-14-6-9-16-7-4-3-5-8-16/h3-5,7-8,10-13,15,19H,6,9,14H2,1-2H3/t15-/m0/s1. The van der Waals surface area contributed by atoms with E-state index in [0.717, 1.165) is 25.1 Å². The Bertz CT molecular complexity index is 493. The Morgan fingerprint density at radius 1 is 1.00 bits per heavy atom. The molecule has 2 heteroatoms. The Balaban J connectivity index is 1.73. The van der Waals surface area contributed by atoms with Crippen LogP contribution in [0.3, 0.4) is 0 Å². The quantitative estimate of drug-likeness (QED) is 0.768. The van der Waals surface area contributed by atoms with Crippen LogP contribution in [0, 0.1) is 0 Å².